The van der Waals surface area contributed by atoms with Crippen molar-refractivity contribution in [1.29, 1.82) is 0 Å². The summed E-state index contributed by atoms with van der Waals surface area (Å²) in [6, 6.07) is 0.495. The van der Waals surface area contributed by atoms with Gasteiger partial charge in [-0.25, -0.2) is 0 Å². The molecule has 2 atom stereocenters. The molecular formula is C13H22N4O2S. The van der Waals surface area contributed by atoms with E-state index in [9.17, 15) is 4.79 Å². The molecule has 1 aliphatic rings. The highest BCUT2D eigenvalue weighted by Crippen LogP contribution is 2.27. The molecule has 6 nitrogen and oxygen atoms in total. The number of hydrogen-bond acceptors (Lipinski definition) is 6. The molecule has 0 aromatic carbocycles. The summed E-state index contributed by atoms with van der Waals surface area (Å²) in [4.78, 5) is 13.9. The third kappa shape index (κ3) is 3.96. The van der Waals surface area contributed by atoms with Crippen LogP contribution < -0.4 is 5.32 Å². The Morgan fingerprint density at radius 1 is 1.50 bits per heavy atom. The summed E-state index contributed by atoms with van der Waals surface area (Å²) in [7, 11) is 3.97. The average Bonchev–Trinajstić information content (AvgIpc) is 3.09. The van der Waals surface area contributed by atoms with Gasteiger partial charge in [0.1, 0.15) is 0 Å². The number of thioether (sulfide) groups is 1. The van der Waals surface area contributed by atoms with Crippen LogP contribution in [-0.4, -0.2) is 46.4 Å². The van der Waals surface area contributed by atoms with Gasteiger partial charge in [-0.1, -0.05) is 18.7 Å². The Balaban J connectivity index is 1.92. The molecule has 1 saturated carbocycles. The first-order chi connectivity index (χ1) is 9.51. The van der Waals surface area contributed by atoms with E-state index in [1.165, 1.54) is 11.8 Å². The Morgan fingerprint density at radius 3 is 2.75 bits per heavy atom. The normalized spacial score (nSPS) is 18.1. The van der Waals surface area contributed by atoms with E-state index >= 15 is 0 Å². The molecule has 0 radical (unpaired) electrons. The van der Waals surface area contributed by atoms with E-state index < -0.39 is 0 Å². The number of nitrogens with one attached hydrogen (secondary N) is 1. The molecule has 0 saturated heterocycles. The second kappa shape index (κ2) is 6.58. The minimum Gasteiger partial charge on any atom is -0.414 e. The Kier molecular flexibility index (Phi) is 5.04. The molecule has 1 fully saturated rings. The van der Waals surface area contributed by atoms with Crippen molar-refractivity contribution in [2.75, 3.05) is 14.1 Å². The van der Waals surface area contributed by atoms with Gasteiger partial charge in [0.2, 0.25) is 11.8 Å². The summed E-state index contributed by atoms with van der Waals surface area (Å²) >= 11 is 1.31. The van der Waals surface area contributed by atoms with Gasteiger partial charge in [0.15, 0.2) is 0 Å². The number of amides is 1. The van der Waals surface area contributed by atoms with E-state index in [4.69, 9.17) is 4.42 Å². The van der Waals surface area contributed by atoms with Crippen LogP contribution in [0.15, 0.2) is 9.64 Å². The van der Waals surface area contributed by atoms with Crippen LogP contribution >= 0.6 is 11.8 Å². The summed E-state index contributed by atoms with van der Waals surface area (Å²) in [5.41, 5.74) is 0. The Labute approximate surface area is 123 Å². The first-order valence-electron chi connectivity index (χ1n) is 6.98. The maximum Gasteiger partial charge on any atom is 0.277 e. The highest BCUT2D eigenvalue weighted by molar-refractivity contribution is 8.00. The van der Waals surface area contributed by atoms with E-state index in [1.807, 2.05) is 25.9 Å². The second-order valence-electron chi connectivity index (χ2n) is 5.34. The van der Waals surface area contributed by atoms with Gasteiger partial charge < -0.3 is 9.73 Å². The van der Waals surface area contributed by atoms with Crippen molar-refractivity contribution in [1.82, 2.24) is 20.4 Å². The van der Waals surface area contributed by atoms with Crippen LogP contribution in [0.4, 0.5) is 0 Å². The molecule has 1 N–H and O–H groups in total. The van der Waals surface area contributed by atoms with Gasteiger partial charge in [0.05, 0.1) is 11.3 Å². The van der Waals surface area contributed by atoms with Crippen molar-refractivity contribution in [3.8, 4) is 0 Å². The topological polar surface area (TPSA) is 71.3 Å². The molecule has 1 heterocycles. The van der Waals surface area contributed by atoms with Crippen LogP contribution in [0.25, 0.3) is 0 Å². The minimum atomic E-state index is -0.219. The highest BCUT2D eigenvalue weighted by atomic mass is 32.2. The fourth-order valence-corrected chi connectivity index (χ4v) is 2.61. The lowest BCUT2D eigenvalue weighted by atomic mass is 10.2. The molecule has 0 unspecified atom stereocenters. The molecule has 7 heteroatoms. The van der Waals surface area contributed by atoms with E-state index in [2.05, 4.69) is 22.4 Å². The molecule has 0 bridgehead atoms. The third-order valence-electron chi connectivity index (χ3n) is 3.29. The predicted octanol–water partition coefficient (Wildman–Crippen LogP) is 1.84. The van der Waals surface area contributed by atoms with Crippen LogP contribution in [0.1, 0.15) is 45.0 Å². The van der Waals surface area contributed by atoms with Crippen LogP contribution in [0.3, 0.4) is 0 Å². The van der Waals surface area contributed by atoms with Crippen molar-refractivity contribution < 1.29 is 9.21 Å². The summed E-state index contributed by atoms with van der Waals surface area (Å²) in [6.07, 6.45) is 3.08. The number of nitrogens with zero attached hydrogens (tertiary/aromatic N) is 3. The molecule has 1 amide bonds. The van der Waals surface area contributed by atoms with Gasteiger partial charge >= 0.3 is 0 Å². The van der Waals surface area contributed by atoms with Gasteiger partial charge in [-0.15, -0.1) is 10.2 Å². The van der Waals surface area contributed by atoms with Gasteiger partial charge in [-0.05, 0) is 40.3 Å². The Hall–Kier alpha value is -1.08. The van der Waals surface area contributed by atoms with Crippen molar-refractivity contribution in [2.45, 2.75) is 55.7 Å². The third-order valence-corrected chi connectivity index (χ3v) is 4.22. The average molecular weight is 298 g/mol. The zero-order valence-electron chi connectivity index (χ0n) is 12.4. The van der Waals surface area contributed by atoms with Gasteiger partial charge in [-0.3, -0.25) is 9.69 Å². The number of aromatic nitrogens is 2. The van der Waals surface area contributed by atoms with Crippen LogP contribution in [-0.2, 0) is 4.79 Å². The second-order valence-corrected chi connectivity index (χ2v) is 6.63. The van der Waals surface area contributed by atoms with Crippen molar-refractivity contribution in [3.05, 3.63) is 5.89 Å². The number of hydrogen-bond donors (Lipinski definition) is 1. The van der Waals surface area contributed by atoms with E-state index in [-0.39, 0.29) is 17.2 Å². The van der Waals surface area contributed by atoms with Crippen molar-refractivity contribution in [2.24, 2.45) is 0 Å². The van der Waals surface area contributed by atoms with Crippen LogP contribution in [0.5, 0.6) is 0 Å². The monoisotopic (exact) mass is 298 g/mol. The predicted molar refractivity (Wildman–Crippen MR) is 77.5 cm³/mol. The van der Waals surface area contributed by atoms with E-state index in [0.717, 1.165) is 19.3 Å². The van der Waals surface area contributed by atoms with Crippen LogP contribution in [0, 0.1) is 0 Å². The molecule has 2 rings (SSSR count). The van der Waals surface area contributed by atoms with Gasteiger partial charge in [0, 0.05) is 6.04 Å². The Bertz CT molecular complexity index is 459. The van der Waals surface area contributed by atoms with Gasteiger partial charge in [0.25, 0.3) is 5.22 Å². The van der Waals surface area contributed by atoms with E-state index in [1.54, 1.807) is 0 Å². The zero-order chi connectivity index (χ0) is 14.7. The smallest absolute Gasteiger partial charge is 0.277 e. The molecule has 20 heavy (non-hydrogen) atoms. The molecule has 112 valence electrons. The minimum absolute atomic E-state index is 0.0388. The first-order valence-corrected chi connectivity index (χ1v) is 7.86. The molecular weight excluding hydrogens is 276 g/mol. The number of carbonyl (C=O) groups is 1. The zero-order valence-corrected chi connectivity index (χ0v) is 13.2. The Morgan fingerprint density at radius 2 is 2.20 bits per heavy atom. The SMILES string of the molecule is CC[C@H](c1nnc(S[C@H](C)C(=O)NC2CC2)o1)N(C)C. The van der Waals surface area contributed by atoms with Crippen LogP contribution in [0.2, 0.25) is 0 Å². The molecule has 0 aliphatic heterocycles. The quantitative estimate of drug-likeness (QED) is 0.775. The number of carbonyl (C=O) groups excluding carboxylic acids is 1. The lowest BCUT2D eigenvalue weighted by Gasteiger charge is -2.18. The summed E-state index contributed by atoms with van der Waals surface area (Å²) in [5, 5.41) is 11.3. The molecule has 1 aliphatic carbocycles. The maximum atomic E-state index is 11.9. The summed E-state index contributed by atoms with van der Waals surface area (Å²) in [6.45, 7) is 3.93. The lowest BCUT2D eigenvalue weighted by molar-refractivity contribution is -0.120. The molecule has 0 spiro atoms. The van der Waals surface area contributed by atoms with E-state index in [0.29, 0.717) is 17.2 Å². The maximum absolute atomic E-state index is 11.9. The fraction of sp³-hybridized carbons (Fsp3) is 0.769. The highest BCUT2D eigenvalue weighted by Gasteiger charge is 2.27. The largest absolute Gasteiger partial charge is 0.414 e. The van der Waals surface area contributed by atoms with Gasteiger partial charge in [-0.2, -0.15) is 0 Å². The molecule has 1 aromatic rings. The summed E-state index contributed by atoms with van der Waals surface area (Å²) in [5.74, 6) is 0.645. The summed E-state index contributed by atoms with van der Waals surface area (Å²) < 4.78 is 5.66. The molecule has 1 aromatic heterocycles. The van der Waals surface area contributed by atoms with Crippen molar-refractivity contribution in [3.63, 3.8) is 0 Å². The number of rotatable bonds is 7. The first kappa shape index (κ1) is 15.3. The fourth-order valence-electron chi connectivity index (χ4n) is 1.91. The lowest BCUT2D eigenvalue weighted by Crippen LogP contribution is -2.32. The van der Waals surface area contributed by atoms with Crippen molar-refractivity contribution >= 4 is 17.7 Å². The standard InChI is InChI=1S/C13H22N4O2S/c1-5-10(17(3)4)12-15-16-13(19-12)20-8(2)11(18)14-9-6-7-9/h8-10H,5-7H2,1-4H3,(H,14,18)/t8-,10-/m1/s1.